The number of alkyl halides is 3. The predicted molar refractivity (Wildman–Crippen MR) is 88.4 cm³/mol. The third-order valence-corrected chi connectivity index (χ3v) is 4.79. The number of hydrazine groups is 1. The second kappa shape index (κ2) is 7.71. The summed E-state index contributed by atoms with van der Waals surface area (Å²) in [7, 11) is 0. The van der Waals surface area contributed by atoms with Crippen LogP contribution in [0.3, 0.4) is 0 Å². The maximum Gasteiger partial charge on any atom is 0.419 e. The minimum Gasteiger partial charge on any atom is -0.481 e. The zero-order valence-corrected chi connectivity index (χ0v) is 15.1. The molecule has 0 saturated carbocycles. The van der Waals surface area contributed by atoms with Gasteiger partial charge in [0, 0.05) is 12.3 Å². The van der Waals surface area contributed by atoms with Crippen molar-refractivity contribution in [2.75, 3.05) is 5.43 Å². The van der Waals surface area contributed by atoms with Gasteiger partial charge in [-0.1, -0.05) is 31.9 Å². The quantitative estimate of drug-likeness (QED) is 0.555. The van der Waals surface area contributed by atoms with Crippen LogP contribution in [-0.2, 0) is 20.6 Å². The lowest BCUT2D eigenvalue weighted by atomic mass is 9.81. The molecule has 7 nitrogen and oxygen atoms in total. The molecule has 0 bridgehead atoms. The zero-order chi connectivity index (χ0) is 20.5. The monoisotopic (exact) mass is 407 g/mol. The van der Waals surface area contributed by atoms with E-state index in [1.54, 1.807) is 6.92 Å². The van der Waals surface area contributed by atoms with E-state index in [-0.39, 0.29) is 12.2 Å². The van der Waals surface area contributed by atoms with E-state index in [9.17, 15) is 27.6 Å². The van der Waals surface area contributed by atoms with Crippen LogP contribution in [0.15, 0.2) is 12.1 Å². The third-order valence-electron chi connectivity index (χ3n) is 4.50. The summed E-state index contributed by atoms with van der Waals surface area (Å²) in [5.41, 5.74) is 1.23. The molecule has 27 heavy (non-hydrogen) atoms. The van der Waals surface area contributed by atoms with Crippen molar-refractivity contribution < 1.29 is 32.7 Å². The number of imide groups is 1. The second-order valence-electron chi connectivity index (χ2n) is 6.24. The van der Waals surface area contributed by atoms with E-state index in [0.717, 1.165) is 6.07 Å². The first-order valence-electron chi connectivity index (χ1n) is 8.07. The molecule has 148 valence electrons. The number of halogens is 4. The summed E-state index contributed by atoms with van der Waals surface area (Å²) in [6, 6.07) is 1.63. The minimum absolute atomic E-state index is 0.214. The van der Waals surface area contributed by atoms with Crippen molar-refractivity contribution in [3.8, 4) is 0 Å². The molecule has 2 heterocycles. The SMILES string of the molecule is CCC(CC(=O)O)C1C(=O)N(Nc2ccc(C(F)(F)F)c(Cl)n2)C(=O)C1C. The summed E-state index contributed by atoms with van der Waals surface area (Å²) in [5.74, 6) is -4.75. The number of anilines is 1. The van der Waals surface area contributed by atoms with Crippen molar-refractivity contribution >= 4 is 35.2 Å². The molecule has 0 spiro atoms. The summed E-state index contributed by atoms with van der Waals surface area (Å²) in [6.07, 6.45) is -4.59. The molecule has 1 aromatic rings. The number of nitrogens with one attached hydrogen (secondary N) is 1. The fourth-order valence-electron chi connectivity index (χ4n) is 3.12. The van der Waals surface area contributed by atoms with Crippen LogP contribution in [0.25, 0.3) is 0 Å². The molecular weight excluding hydrogens is 391 g/mol. The van der Waals surface area contributed by atoms with Crippen molar-refractivity contribution in [3.63, 3.8) is 0 Å². The molecule has 1 aliphatic heterocycles. The number of carbonyl (C=O) groups excluding carboxylic acids is 2. The van der Waals surface area contributed by atoms with Gasteiger partial charge in [-0.05, 0) is 18.1 Å². The number of pyridine rings is 1. The van der Waals surface area contributed by atoms with Crippen molar-refractivity contribution in [3.05, 3.63) is 22.8 Å². The molecule has 1 saturated heterocycles. The number of aliphatic carboxylic acids is 1. The Hall–Kier alpha value is -2.36. The van der Waals surface area contributed by atoms with Gasteiger partial charge in [0.05, 0.1) is 11.5 Å². The third kappa shape index (κ3) is 4.32. The highest BCUT2D eigenvalue weighted by Gasteiger charge is 2.49. The number of nitrogens with zero attached hydrogens (tertiary/aromatic N) is 2. The minimum atomic E-state index is -4.69. The topological polar surface area (TPSA) is 99.6 Å². The summed E-state index contributed by atoms with van der Waals surface area (Å²) in [6.45, 7) is 3.22. The number of hydrogen-bond acceptors (Lipinski definition) is 5. The van der Waals surface area contributed by atoms with Crippen molar-refractivity contribution in [2.45, 2.75) is 32.9 Å². The van der Waals surface area contributed by atoms with Crippen LogP contribution in [0, 0.1) is 17.8 Å². The number of rotatable bonds is 6. The molecule has 1 aliphatic rings. The second-order valence-corrected chi connectivity index (χ2v) is 6.59. The van der Waals surface area contributed by atoms with E-state index >= 15 is 0 Å². The van der Waals surface area contributed by atoms with E-state index < -0.39 is 52.4 Å². The van der Waals surface area contributed by atoms with Crippen LogP contribution < -0.4 is 5.43 Å². The molecule has 3 atom stereocenters. The molecule has 0 radical (unpaired) electrons. The average molecular weight is 408 g/mol. The standard InChI is InChI=1S/C16H17ClF3N3O4/c1-3-8(6-11(24)25)12-7(2)14(26)23(15(12)27)22-10-5-4-9(13(17)21-10)16(18,19)20/h4-5,7-8,12H,3,6H2,1-2H3,(H,21,22)(H,24,25). The summed E-state index contributed by atoms with van der Waals surface area (Å²) < 4.78 is 38.2. The number of amides is 2. The Kier molecular flexibility index (Phi) is 5.98. The lowest BCUT2D eigenvalue weighted by Crippen LogP contribution is -2.37. The van der Waals surface area contributed by atoms with Crippen LogP contribution in [0.4, 0.5) is 19.0 Å². The molecule has 3 unspecified atom stereocenters. The van der Waals surface area contributed by atoms with Gasteiger partial charge in [0.2, 0.25) is 0 Å². The lowest BCUT2D eigenvalue weighted by Gasteiger charge is -2.21. The fraction of sp³-hybridized carbons (Fsp3) is 0.500. The summed E-state index contributed by atoms with van der Waals surface area (Å²) in [4.78, 5) is 39.6. The normalized spacial score (nSPS) is 21.5. The van der Waals surface area contributed by atoms with E-state index in [1.807, 2.05) is 0 Å². The lowest BCUT2D eigenvalue weighted by molar-refractivity contribution is -0.140. The highest BCUT2D eigenvalue weighted by molar-refractivity contribution is 6.30. The first kappa shape index (κ1) is 20.9. The van der Waals surface area contributed by atoms with Crippen molar-refractivity contribution in [2.24, 2.45) is 17.8 Å². The first-order chi connectivity index (χ1) is 12.5. The number of aromatic nitrogens is 1. The largest absolute Gasteiger partial charge is 0.481 e. The maximum atomic E-state index is 12.7. The van der Waals surface area contributed by atoms with Gasteiger partial charge >= 0.3 is 12.1 Å². The van der Waals surface area contributed by atoms with Crippen LogP contribution in [0.1, 0.15) is 32.3 Å². The van der Waals surface area contributed by atoms with Gasteiger partial charge in [-0.2, -0.15) is 18.2 Å². The van der Waals surface area contributed by atoms with Crippen molar-refractivity contribution in [1.82, 2.24) is 9.99 Å². The predicted octanol–water partition coefficient (Wildman–Crippen LogP) is 3.20. The van der Waals surface area contributed by atoms with E-state index in [4.69, 9.17) is 16.7 Å². The molecule has 2 N–H and O–H groups in total. The molecule has 0 aliphatic carbocycles. The van der Waals surface area contributed by atoms with Gasteiger partial charge in [-0.3, -0.25) is 19.8 Å². The van der Waals surface area contributed by atoms with Gasteiger partial charge in [-0.15, -0.1) is 0 Å². The van der Waals surface area contributed by atoms with Crippen LogP contribution in [-0.4, -0.2) is 32.9 Å². The Bertz CT molecular complexity index is 772. The van der Waals surface area contributed by atoms with E-state index in [0.29, 0.717) is 17.5 Å². The fourth-order valence-corrected chi connectivity index (χ4v) is 3.38. The molecular formula is C16H17ClF3N3O4. The van der Waals surface area contributed by atoms with Crippen molar-refractivity contribution in [1.29, 1.82) is 0 Å². The Morgan fingerprint density at radius 2 is 2.00 bits per heavy atom. The van der Waals surface area contributed by atoms with Crippen LogP contribution >= 0.6 is 11.6 Å². The summed E-state index contributed by atoms with van der Waals surface area (Å²) in [5, 5.41) is 8.83. The molecule has 2 amide bonds. The zero-order valence-electron chi connectivity index (χ0n) is 14.4. The Labute approximate surface area is 157 Å². The highest BCUT2D eigenvalue weighted by atomic mass is 35.5. The number of carboxylic acid groups (broad SMARTS) is 1. The number of carbonyl (C=O) groups is 3. The van der Waals surface area contributed by atoms with E-state index in [1.165, 1.54) is 6.92 Å². The molecule has 0 aromatic carbocycles. The molecule has 1 aromatic heterocycles. The Morgan fingerprint density at radius 1 is 1.37 bits per heavy atom. The maximum absolute atomic E-state index is 12.7. The Balaban J connectivity index is 2.24. The average Bonchev–Trinajstić information content (AvgIpc) is 2.75. The molecule has 2 rings (SSSR count). The smallest absolute Gasteiger partial charge is 0.419 e. The van der Waals surface area contributed by atoms with Crippen LogP contribution in [0.2, 0.25) is 5.15 Å². The van der Waals surface area contributed by atoms with Gasteiger partial charge < -0.3 is 5.11 Å². The van der Waals surface area contributed by atoms with Gasteiger partial charge in [0.25, 0.3) is 11.8 Å². The van der Waals surface area contributed by atoms with Gasteiger partial charge in [0.1, 0.15) is 11.0 Å². The molecule has 11 heteroatoms. The highest BCUT2D eigenvalue weighted by Crippen LogP contribution is 2.37. The number of hydrogen-bond donors (Lipinski definition) is 2. The first-order valence-corrected chi connectivity index (χ1v) is 8.45. The van der Waals surface area contributed by atoms with Gasteiger partial charge in [0.15, 0.2) is 0 Å². The van der Waals surface area contributed by atoms with Crippen LogP contribution in [0.5, 0.6) is 0 Å². The Morgan fingerprint density at radius 3 is 2.48 bits per heavy atom. The molecule has 1 fully saturated rings. The summed E-state index contributed by atoms with van der Waals surface area (Å²) >= 11 is 5.54. The van der Waals surface area contributed by atoms with E-state index in [2.05, 4.69) is 10.4 Å². The van der Waals surface area contributed by atoms with Gasteiger partial charge in [-0.25, -0.2) is 4.98 Å². The number of carboxylic acids is 1.